The predicted octanol–water partition coefficient (Wildman–Crippen LogP) is 4.37. The first-order valence-corrected chi connectivity index (χ1v) is 8.36. The van der Waals surface area contributed by atoms with Crippen LogP contribution in [0.15, 0.2) is 84.9 Å². The van der Waals surface area contributed by atoms with Gasteiger partial charge in [-0.1, -0.05) is 72.8 Å². The molecule has 0 aliphatic heterocycles. The van der Waals surface area contributed by atoms with E-state index in [9.17, 15) is 14.0 Å². The lowest BCUT2D eigenvalue weighted by Gasteiger charge is -2.17. The number of ketones is 1. The Kier molecular flexibility index (Phi) is 5.94. The molecule has 0 aromatic heterocycles. The van der Waals surface area contributed by atoms with Crippen molar-refractivity contribution >= 4 is 11.8 Å². The Balaban J connectivity index is 1.74. The highest BCUT2D eigenvalue weighted by Crippen LogP contribution is 2.23. The predicted molar refractivity (Wildman–Crippen MR) is 97.9 cm³/mol. The van der Waals surface area contributed by atoms with E-state index < -0.39 is 24.5 Å². The van der Waals surface area contributed by atoms with Gasteiger partial charge in [0.25, 0.3) is 0 Å². The minimum Gasteiger partial charge on any atom is -0.479 e. The van der Waals surface area contributed by atoms with E-state index in [0.29, 0.717) is 11.1 Å². The topological polar surface area (TPSA) is 52.6 Å². The van der Waals surface area contributed by atoms with Crippen molar-refractivity contribution < 1.29 is 23.5 Å². The van der Waals surface area contributed by atoms with Crippen molar-refractivity contribution in [1.82, 2.24) is 0 Å². The Bertz CT molecular complexity index is 910. The highest BCUT2D eigenvalue weighted by Gasteiger charge is 2.26. The molecule has 0 N–H and O–H groups in total. The van der Waals surface area contributed by atoms with Gasteiger partial charge in [0.1, 0.15) is 0 Å². The van der Waals surface area contributed by atoms with E-state index in [1.54, 1.807) is 66.7 Å². The molecule has 3 rings (SSSR count). The van der Waals surface area contributed by atoms with Crippen molar-refractivity contribution in [2.75, 3.05) is 6.61 Å². The first-order chi connectivity index (χ1) is 13.1. The smallest absolute Gasteiger partial charge is 0.345 e. The van der Waals surface area contributed by atoms with Gasteiger partial charge in [-0.25, -0.2) is 9.18 Å². The molecule has 1 atom stereocenters. The maximum atomic E-state index is 13.6. The van der Waals surface area contributed by atoms with Crippen molar-refractivity contribution in [3.63, 3.8) is 0 Å². The maximum Gasteiger partial charge on any atom is 0.345 e. The highest BCUT2D eigenvalue weighted by atomic mass is 19.1. The zero-order valence-corrected chi connectivity index (χ0v) is 14.4. The number of halogens is 1. The Labute approximate surface area is 156 Å². The number of carbonyl (C=O) groups excluding carboxylic acids is 2. The van der Waals surface area contributed by atoms with Crippen LogP contribution in [-0.4, -0.2) is 18.4 Å². The number of Topliss-reactive ketones (excluding diaryl/α,β-unsaturated/α-hetero) is 1. The van der Waals surface area contributed by atoms with Crippen LogP contribution in [-0.2, 0) is 9.53 Å². The minimum absolute atomic E-state index is 0.0555. The van der Waals surface area contributed by atoms with Crippen molar-refractivity contribution in [1.29, 1.82) is 0 Å². The third-order valence-electron chi connectivity index (χ3n) is 3.83. The highest BCUT2D eigenvalue weighted by molar-refractivity contribution is 6.01. The van der Waals surface area contributed by atoms with Gasteiger partial charge in [0, 0.05) is 11.1 Å². The molecule has 0 heterocycles. The van der Waals surface area contributed by atoms with Crippen LogP contribution in [0.2, 0.25) is 0 Å². The molecule has 27 heavy (non-hydrogen) atoms. The van der Waals surface area contributed by atoms with Crippen LogP contribution in [0.5, 0.6) is 5.75 Å². The average molecular weight is 364 g/mol. The van der Waals surface area contributed by atoms with Gasteiger partial charge >= 0.3 is 5.97 Å². The van der Waals surface area contributed by atoms with Crippen LogP contribution in [0.3, 0.4) is 0 Å². The number of para-hydroxylation sites is 1. The second-order valence-electron chi connectivity index (χ2n) is 5.73. The number of ether oxygens (including phenoxy) is 2. The third kappa shape index (κ3) is 4.79. The molecule has 3 aromatic rings. The summed E-state index contributed by atoms with van der Waals surface area (Å²) in [6, 6.07) is 23.0. The van der Waals surface area contributed by atoms with E-state index in [4.69, 9.17) is 9.47 Å². The van der Waals surface area contributed by atoms with E-state index in [-0.39, 0.29) is 11.5 Å². The monoisotopic (exact) mass is 364 g/mol. The lowest BCUT2D eigenvalue weighted by molar-refractivity contribution is -0.149. The molecule has 3 aromatic carbocycles. The standard InChI is InChI=1S/C22H17FO4/c23-18-13-7-8-14-19(18)26-15-20(24)27-22(17-11-5-2-6-12-17)21(25)16-9-3-1-4-10-16/h1-14,22H,15H2/t22-/m1/s1. The molecular formula is C22H17FO4. The van der Waals surface area contributed by atoms with Gasteiger partial charge in [0.05, 0.1) is 0 Å². The number of carbonyl (C=O) groups is 2. The van der Waals surface area contributed by atoms with E-state index in [1.165, 1.54) is 18.2 Å². The minimum atomic E-state index is -1.11. The van der Waals surface area contributed by atoms with Gasteiger partial charge in [0.15, 0.2) is 24.3 Å². The summed E-state index contributed by atoms with van der Waals surface area (Å²) >= 11 is 0. The number of rotatable bonds is 7. The van der Waals surface area contributed by atoms with Crippen LogP contribution < -0.4 is 4.74 Å². The van der Waals surface area contributed by atoms with E-state index >= 15 is 0 Å². The van der Waals surface area contributed by atoms with Crippen LogP contribution in [0.25, 0.3) is 0 Å². The van der Waals surface area contributed by atoms with Crippen LogP contribution >= 0.6 is 0 Å². The van der Waals surface area contributed by atoms with Crippen molar-refractivity contribution in [2.45, 2.75) is 6.10 Å². The quantitative estimate of drug-likeness (QED) is 0.461. The summed E-state index contributed by atoms with van der Waals surface area (Å²) in [7, 11) is 0. The molecule has 0 unspecified atom stereocenters. The Morgan fingerprint density at radius 1 is 0.815 bits per heavy atom. The second kappa shape index (κ2) is 8.76. The first-order valence-electron chi connectivity index (χ1n) is 8.36. The summed E-state index contributed by atoms with van der Waals surface area (Å²) < 4.78 is 24.1. The van der Waals surface area contributed by atoms with Gasteiger partial charge in [0.2, 0.25) is 5.78 Å². The van der Waals surface area contributed by atoms with Gasteiger partial charge in [-0.3, -0.25) is 4.79 Å². The molecule has 0 aliphatic carbocycles. The summed E-state index contributed by atoms with van der Waals surface area (Å²) in [5.74, 6) is -1.75. The van der Waals surface area contributed by atoms with Crippen molar-refractivity contribution in [3.8, 4) is 5.75 Å². The lowest BCUT2D eigenvalue weighted by atomic mass is 10.00. The van der Waals surface area contributed by atoms with Crippen LogP contribution in [0.1, 0.15) is 22.0 Å². The summed E-state index contributed by atoms with van der Waals surface area (Å²) in [6.45, 7) is -0.508. The Morgan fingerprint density at radius 2 is 1.41 bits per heavy atom. The summed E-state index contributed by atoms with van der Waals surface area (Å²) in [5.41, 5.74) is 0.972. The SMILES string of the molecule is O=C(COc1ccccc1F)O[C@@H](C(=O)c1ccccc1)c1ccccc1. The molecule has 136 valence electrons. The normalized spacial score (nSPS) is 11.4. The fourth-order valence-electron chi connectivity index (χ4n) is 2.52. The molecule has 0 aliphatic rings. The molecule has 4 nitrogen and oxygen atoms in total. The van der Waals surface area contributed by atoms with Crippen LogP contribution in [0, 0.1) is 5.82 Å². The molecule has 5 heteroatoms. The summed E-state index contributed by atoms with van der Waals surface area (Å²) in [5, 5.41) is 0. The Morgan fingerprint density at radius 3 is 2.07 bits per heavy atom. The van der Waals surface area contributed by atoms with E-state index in [0.717, 1.165) is 0 Å². The third-order valence-corrected chi connectivity index (χ3v) is 3.83. The Hall–Kier alpha value is -3.47. The fraction of sp³-hybridized carbons (Fsp3) is 0.0909. The zero-order valence-electron chi connectivity index (χ0n) is 14.4. The molecule has 0 saturated carbocycles. The van der Waals surface area contributed by atoms with Gasteiger partial charge in [-0.2, -0.15) is 0 Å². The number of hydrogen-bond acceptors (Lipinski definition) is 4. The van der Waals surface area contributed by atoms with E-state index in [1.807, 2.05) is 0 Å². The summed E-state index contributed by atoms with van der Waals surface area (Å²) in [6.07, 6.45) is -1.11. The number of benzene rings is 3. The molecule has 0 spiro atoms. The number of hydrogen-bond donors (Lipinski definition) is 0. The zero-order chi connectivity index (χ0) is 19.1. The number of esters is 1. The first kappa shape index (κ1) is 18.3. The molecule has 0 saturated heterocycles. The van der Waals surface area contributed by atoms with Gasteiger partial charge in [-0.05, 0) is 12.1 Å². The molecule has 0 amide bonds. The maximum absolute atomic E-state index is 13.6. The van der Waals surface area contributed by atoms with Crippen molar-refractivity contribution in [2.24, 2.45) is 0 Å². The second-order valence-corrected chi connectivity index (χ2v) is 5.73. The average Bonchev–Trinajstić information content (AvgIpc) is 2.72. The lowest BCUT2D eigenvalue weighted by Crippen LogP contribution is -2.23. The molecule has 0 fully saturated rings. The molecule has 0 radical (unpaired) electrons. The fourth-order valence-corrected chi connectivity index (χ4v) is 2.52. The van der Waals surface area contributed by atoms with E-state index in [2.05, 4.69) is 0 Å². The largest absolute Gasteiger partial charge is 0.479 e. The van der Waals surface area contributed by atoms with Gasteiger partial charge in [-0.15, -0.1) is 0 Å². The molecule has 0 bridgehead atoms. The van der Waals surface area contributed by atoms with Gasteiger partial charge < -0.3 is 9.47 Å². The summed E-state index contributed by atoms with van der Waals surface area (Å²) in [4.78, 5) is 25.1. The van der Waals surface area contributed by atoms with Crippen LogP contribution in [0.4, 0.5) is 4.39 Å². The van der Waals surface area contributed by atoms with Crippen molar-refractivity contribution in [3.05, 3.63) is 102 Å². The molecular weight excluding hydrogens is 347 g/mol.